The van der Waals surface area contributed by atoms with Crippen molar-refractivity contribution in [2.75, 3.05) is 12.4 Å². The number of amides is 1. The van der Waals surface area contributed by atoms with Crippen LogP contribution in [0.25, 0.3) is 16.6 Å². The third-order valence-electron chi connectivity index (χ3n) is 4.99. The van der Waals surface area contributed by atoms with Crippen LogP contribution in [0, 0.1) is 10.1 Å². The highest BCUT2D eigenvalue weighted by molar-refractivity contribution is 7.84. The van der Waals surface area contributed by atoms with E-state index in [9.17, 15) is 19.1 Å². The predicted octanol–water partition coefficient (Wildman–Crippen LogP) is 4.78. The number of anilines is 1. The Kier molecular flexibility index (Phi) is 7.48. The Bertz CT molecular complexity index is 1260. The van der Waals surface area contributed by atoms with E-state index in [0.29, 0.717) is 17.6 Å². The minimum atomic E-state index is -1.38. The van der Waals surface area contributed by atoms with E-state index in [2.05, 4.69) is 21.4 Å². The summed E-state index contributed by atoms with van der Waals surface area (Å²) in [5.41, 5.74) is 1.42. The monoisotopic (exact) mass is 485 g/mol. The molecule has 34 heavy (non-hydrogen) atoms. The lowest BCUT2D eigenvalue weighted by Crippen LogP contribution is -2.35. The number of nitro groups is 1. The van der Waals surface area contributed by atoms with Crippen molar-refractivity contribution >= 4 is 39.4 Å². The fourth-order valence-electron chi connectivity index (χ4n) is 3.32. The molecule has 1 heterocycles. The number of nitro benzene ring substituents is 1. The van der Waals surface area contributed by atoms with E-state index in [1.807, 2.05) is 45.0 Å². The molecule has 0 saturated carbocycles. The highest BCUT2D eigenvalue weighted by Crippen LogP contribution is 2.33. The molecule has 0 radical (unpaired) electrons. The number of fused-ring (bicyclic) bond motifs is 1. The minimum Gasteiger partial charge on any atom is -0.453 e. The van der Waals surface area contributed by atoms with Gasteiger partial charge >= 0.3 is 6.09 Å². The molecular formula is C23H27N5O5S. The van der Waals surface area contributed by atoms with E-state index < -0.39 is 32.8 Å². The van der Waals surface area contributed by atoms with Gasteiger partial charge in [0.1, 0.15) is 5.69 Å². The number of nitrogens with one attached hydrogen (secondary N) is 2. The van der Waals surface area contributed by atoms with E-state index in [0.717, 1.165) is 5.39 Å². The Hall–Kier alpha value is -3.57. The van der Waals surface area contributed by atoms with Gasteiger partial charge in [0.2, 0.25) is 0 Å². The van der Waals surface area contributed by atoms with Gasteiger partial charge in [0.15, 0.2) is 0 Å². The minimum absolute atomic E-state index is 0.214. The molecule has 11 heteroatoms. The van der Waals surface area contributed by atoms with Crippen molar-refractivity contribution in [3.8, 4) is 5.69 Å². The van der Waals surface area contributed by atoms with Crippen LogP contribution in [0.3, 0.4) is 0 Å². The van der Waals surface area contributed by atoms with Crippen molar-refractivity contribution in [2.45, 2.75) is 38.0 Å². The average molecular weight is 486 g/mol. The first kappa shape index (κ1) is 25.1. The Labute approximate surface area is 199 Å². The molecule has 0 spiro atoms. The van der Waals surface area contributed by atoms with E-state index >= 15 is 0 Å². The second-order valence-corrected chi connectivity index (χ2v) is 10.5. The van der Waals surface area contributed by atoms with Crippen LogP contribution in [0.15, 0.2) is 55.1 Å². The van der Waals surface area contributed by atoms with E-state index in [1.54, 1.807) is 6.08 Å². The summed E-state index contributed by atoms with van der Waals surface area (Å²) >= 11 is 0. The number of methoxy groups -OCH3 is 1. The summed E-state index contributed by atoms with van der Waals surface area (Å²) in [6.45, 7) is 9.41. The summed E-state index contributed by atoms with van der Waals surface area (Å²) in [7, 11) is -0.172. The number of aromatic nitrogens is 2. The van der Waals surface area contributed by atoms with Gasteiger partial charge in [-0.3, -0.25) is 15.4 Å². The summed E-state index contributed by atoms with van der Waals surface area (Å²) in [6.07, 6.45) is 1.42. The normalized spacial score (nSPS) is 13.3. The van der Waals surface area contributed by atoms with E-state index in [-0.39, 0.29) is 17.1 Å². The number of para-hydroxylation sites is 1. The lowest BCUT2D eigenvalue weighted by atomic mass is 10.1. The van der Waals surface area contributed by atoms with Gasteiger partial charge in [0, 0.05) is 11.5 Å². The molecule has 0 aliphatic heterocycles. The molecule has 0 fully saturated rings. The molecule has 1 aromatic heterocycles. The van der Waals surface area contributed by atoms with Crippen LogP contribution in [0.5, 0.6) is 0 Å². The summed E-state index contributed by atoms with van der Waals surface area (Å²) in [5.74, 6) is 0. The quantitative estimate of drug-likeness (QED) is 0.268. The van der Waals surface area contributed by atoms with Crippen molar-refractivity contribution in [1.29, 1.82) is 0 Å². The fourth-order valence-corrected chi connectivity index (χ4v) is 4.13. The van der Waals surface area contributed by atoms with Gasteiger partial charge < -0.3 is 4.74 Å². The molecule has 0 aliphatic carbocycles. The van der Waals surface area contributed by atoms with Gasteiger partial charge in [-0.2, -0.15) is 5.10 Å². The first-order chi connectivity index (χ1) is 16.1. The number of hydrogen-bond acceptors (Lipinski definition) is 6. The Morgan fingerprint density at radius 3 is 2.65 bits per heavy atom. The van der Waals surface area contributed by atoms with Crippen LogP contribution in [-0.4, -0.2) is 36.9 Å². The van der Waals surface area contributed by atoms with Crippen LogP contribution in [0.1, 0.15) is 38.9 Å². The van der Waals surface area contributed by atoms with Gasteiger partial charge in [-0.25, -0.2) is 18.4 Å². The maximum Gasteiger partial charge on any atom is 0.411 e. The van der Waals surface area contributed by atoms with Crippen molar-refractivity contribution < 1.29 is 18.7 Å². The Balaban J connectivity index is 2.16. The molecule has 0 saturated heterocycles. The molecule has 2 N–H and O–H groups in total. The Morgan fingerprint density at radius 2 is 2.03 bits per heavy atom. The van der Waals surface area contributed by atoms with Crippen LogP contribution in [0.4, 0.5) is 16.2 Å². The summed E-state index contributed by atoms with van der Waals surface area (Å²) in [4.78, 5) is 22.9. The predicted molar refractivity (Wildman–Crippen MR) is 132 cm³/mol. The largest absolute Gasteiger partial charge is 0.453 e. The van der Waals surface area contributed by atoms with Gasteiger partial charge in [0.05, 0.1) is 50.7 Å². The second-order valence-electron chi connectivity index (χ2n) is 8.47. The van der Waals surface area contributed by atoms with Crippen LogP contribution in [-0.2, 0) is 15.7 Å². The third kappa shape index (κ3) is 5.32. The zero-order valence-electron chi connectivity index (χ0n) is 19.4. The van der Waals surface area contributed by atoms with Crippen LogP contribution in [0.2, 0.25) is 0 Å². The molecule has 0 unspecified atom stereocenters. The number of carbonyl (C=O) groups excluding carboxylic acids is 1. The average Bonchev–Trinajstić information content (AvgIpc) is 3.17. The fraction of sp³-hybridized carbons (Fsp3) is 0.304. The smallest absolute Gasteiger partial charge is 0.411 e. The molecule has 0 aliphatic rings. The molecule has 3 aromatic rings. The molecule has 10 nitrogen and oxygen atoms in total. The van der Waals surface area contributed by atoms with Gasteiger partial charge in [-0.05, 0) is 45.4 Å². The van der Waals surface area contributed by atoms with E-state index in [4.69, 9.17) is 5.10 Å². The zero-order valence-corrected chi connectivity index (χ0v) is 20.2. The van der Waals surface area contributed by atoms with Crippen LogP contribution < -0.4 is 10.0 Å². The lowest BCUT2D eigenvalue weighted by Gasteiger charge is -2.22. The highest BCUT2D eigenvalue weighted by atomic mass is 32.2. The lowest BCUT2D eigenvalue weighted by molar-refractivity contribution is -0.384. The summed E-state index contributed by atoms with van der Waals surface area (Å²) in [6, 6.07) is 11.2. The second kappa shape index (κ2) is 10.1. The molecule has 0 bridgehead atoms. The third-order valence-corrected chi connectivity index (χ3v) is 6.60. The van der Waals surface area contributed by atoms with Gasteiger partial charge in [-0.1, -0.05) is 24.3 Å². The Morgan fingerprint density at radius 1 is 1.32 bits per heavy atom. The molecular weight excluding hydrogens is 458 g/mol. The molecule has 2 aromatic carbocycles. The number of hydrogen-bond donors (Lipinski definition) is 2. The topological polar surface area (TPSA) is 128 Å². The SMILES string of the molecule is C=CC[C@H](N[S@@](=O)C(C)(C)C)c1nn(-c2ccc(NC(=O)OC)cc2[N+](=O)[O-])c2ccccc12. The molecule has 2 atom stereocenters. The van der Waals surface area contributed by atoms with Crippen LogP contribution >= 0.6 is 0 Å². The molecule has 1 amide bonds. The standard InChI is InChI=1S/C23H27N5O5S/c1-6-9-17(26-34(32)23(2,3)4)21-16-10-7-8-11-18(16)27(25-21)19-13-12-15(24-22(29)33-5)14-20(19)28(30)31/h6-8,10-14,17,26H,1,9H2,2-5H3,(H,24,29)/t17-,34-/m0/s1. The van der Waals surface area contributed by atoms with Crippen molar-refractivity contribution in [1.82, 2.24) is 14.5 Å². The molecule has 3 rings (SSSR count). The zero-order chi connectivity index (χ0) is 25.0. The maximum absolute atomic E-state index is 12.8. The first-order valence-electron chi connectivity index (χ1n) is 10.5. The van der Waals surface area contributed by atoms with E-state index in [1.165, 1.54) is 30.0 Å². The maximum atomic E-state index is 12.8. The number of rotatable bonds is 8. The number of carbonyl (C=O) groups is 1. The number of benzene rings is 2. The summed E-state index contributed by atoms with van der Waals surface area (Å²) in [5, 5.41) is 19.8. The van der Waals surface area contributed by atoms with Gasteiger partial charge in [0.25, 0.3) is 5.69 Å². The van der Waals surface area contributed by atoms with Gasteiger partial charge in [-0.15, -0.1) is 6.58 Å². The first-order valence-corrected chi connectivity index (χ1v) is 11.6. The van der Waals surface area contributed by atoms with Crippen molar-refractivity contribution in [2.24, 2.45) is 0 Å². The molecule has 180 valence electrons. The number of nitrogens with zero attached hydrogens (tertiary/aromatic N) is 3. The summed E-state index contributed by atoms with van der Waals surface area (Å²) < 4.78 is 21.5. The number of ether oxygens (including phenoxy) is 1. The van der Waals surface area contributed by atoms with Crippen molar-refractivity contribution in [3.63, 3.8) is 0 Å². The van der Waals surface area contributed by atoms with Crippen molar-refractivity contribution in [3.05, 3.63) is 70.9 Å². The highest BCUT2D eigenvalue weighted by Gasteiger charge is 2.28.